The third-order valence-electron chi connectivity index (χ3n) is 2.12. The van der Waals surface area contributed by atoms with E-state index in [9.17, 15) is 0 Å². The minimum Gasteiger partial charge on any atom is -0.371 e. The van der Waals surface area contributed by atoms with Crippen molar-refractivity contribution in [2.45, 2.75) is 6.92 Å². The molecule has 0 spiro atoms. The van der Waals surface area contributed by atoms with E-state index in [4.69, 9.17) is 0 Å². The van der Waals surface area contributed by atoms with E-state index < -0.39 is 0 Å². The number of hydrogen-bond acceptors (Lipinski definition) is 4. The monoisotopic (exact) mass is 177 g/mol. The molecule has 0 aromatic carbocycles. The van der Waals surface area contributed by atoms with Crippen LogP contribution in [-0.2, 0) is 7.05 Å². The molecule has 0 saturated carbocycles. The van der Waals surface area contributed by atoms with Gasteiger partial charge < -0.3 is 9.88 Å². The zero-order chi connectivity index (χ0) is 9.42. The first-order chi connectivity index (χ1) is 6.24. The highest BCUT2D eigenvalue weighted by Gasteiger charge is 2.08. The Morgan fingerprint density at radius 1 is 1.38 bits per heavy atom. The second-order valence-electron chi connectivity index (χ2n) is 2.86. The maximum atomic E-state index is 4.36. The van der Waals surface area contributed by atoms with Gasteiger partial charge in [0.2, 0.25) is 0 Å². The standard InChI is InChI=1S/C8H11N5/c1-5-12-6-7(9-2)10-4-11-8(6)13(5)3/h4H,1-3H3,(H,9,10,11). The first kappa shape index (κ1) is 7.97. The molecule has 0 unspecified atom stereocenters. The summed E-state index contributed by atoms with van der Waals surface area (Å²) < 4.78 is 1.94. The Kier molecular flexibility index (Phi) is 1.65. The third-order valence-corrected chi connectivity index (χ3v) is 2.12. The van der Waals surface area contributed by atoms with Gasteiger partial charge in [0.05, 0.1) is 0 Å². The summed E-state index contributed by atoms with van der Waals surface area (Å²) in [7, 11) is 3.77. The zero-order valence-electron chi connectivity index (χ0n) is 7.87. The molecule has 2 aromatic rings. The molecule has 0 aliphatic carbocycles. The molecule has 0 fully saturated rings. The van der Waals surface area contributed by atoms with Gasteiger partial charge in [0, 0.05) is 14.1 Å². The van der Waals surface area contributed by atoms with E-state index in [0.717, 1.165) is 22.8 Å². The molecule has 2 rings (SSSR count). The lowest BCUT2D eigenvalue weighted by Crippen LogP contribution is -1.96. The number of aromatic nitrogens is 4. The summed E-state index contributed by atoms with van der Waals surface area (Å²) in [5.74, 6) is 1.71. The Balaban J connectivity index is 2.84. The molecule has 0 amide bonds. The van der Waals surface area contributed by atoms with Crippen molar-refractivity contribution in [1.82, 2.24) is 19.5 Å². The molecular weight excluding hydrogens is 166 g/mol. The molecule has 0 radical (unpaired) electrons. The van der Waals surface area contributed by atoms with Gasteiger partial charge in [-0.25, -0.2) is 15.0 Å². The summed E-state index contributed by atoms with van der Waals surface area (Å²) in [5, 5.41) is 2.98. The van der Waals surface area contributed by atoms with E-state index in [1.54, 1.807) is 0 Å². The number of imidazole rings is 1. The van der Waals surface area contributed by atoms with Crippen LogP contribution < -0.4 is 5.32 Å². The SMILES string of the molecule is CNc1ncnc2c1nc(C)n2C. The first-order valence-electron chi connectivity index (χ1n) is 4.06. The van der Waals surface area contributed by atoms with Gasteiger partial charge >= 0.3 is 0 Å². The highest BCUT2D eigenvalue weighted by molar-refractivity contribution is 5.82. The summed E-state index contributed by atoms with van der Waals surface area (Å²) in [6.45, 7) is 1.95. The van der Waals surface area contributed by atoms with Gasteiger partial charge in [-0.05, 0) is 6.92 Å². The van der Waals surface area contributed by atoms with Crippen molar-refractivity contribution in [3.8, 4) is 0 Å². The zero-order valence-corrected chi connectivity index (χ0v) is 7.87. The number of rotatable bonds is 1. The van der Waals surface area contributed by atoms with Gasteiger partial charge in [-0.3, -0.25) is 0 Å². The highest BCUT2D eigenvalue weighted by Crippen LogP contribution is 2.17. The van der Waals surface area contributed by atoms with Gasteiger partial charge in [0.15, 0.2) is 17.0 Å². The van der Waals surface area contributed by atoms with Crippen LogP contribution in [0.3, 0.4) is 0 Å². The summed E-state index contributed by atoms with van der Waals surface area (Å²) in [6, 6.07) is 0. The molecule has 0 bridgehead atoms. The third kappa shape index (κ3) is 1.04. The molecule has 0 aliphatic heterocycles. The number of aryl methyl sites for hydroxylation is 2. The molecule has 2 aromatic heterocycles. The Hall–Kier alpha value is -1.65. The van der Waals surface area contributed by atoms with Crippen LogP contribution in [0.25, 0.3) is 11.2 Å². The summed E-state index contributed by atoms with van der Waals surface area (Å²) in [6.07, 6.45) is 1.54. The maximum Gasteiger partial charge on any atom is 0.165 e. The fraction of sp³-hybridized carbons (Fsp3) is 0.375. The van der Waals surface area contributed by atoms with Crippen molar-refractivity contribution in [1.29, 1.82) is 0 Å². The van der Waals surface area contributed by atoms with Crippen LogP contribution in [0.2, 0.25) is 0 Å². The van der Waals surface area contributed by atoms with Crippen molar-refractivity contribution in [3.05, 3.63) is 12.2 Å². The average molecular weight is 177 g/mol. The van der Waals surface area contributed by atoms with Crippen molar-refractivity contribution in [2.24, 2.45) is 7.05 Å². The fourth-order valence-corrected chi connectivity index (χ4v) is 1.29. The molecule has 0 saturated heterocycles. The fourth-order valence-electron chi connectivity index (χ4n) is 1.29. The van der Waals surface area contributed by atoms with E-state index in [2.05, 4.69) is 20.3 Å². The van der Waals surface area contributed by atoms with Crippen molar-refractivity contribution in [3.63, 3.8) is 0 Å². The Bertz CT molecular complexity index is 445. The van der Waals surface area contributed by atoms with Crippen LogP contribution >= 0.6 is 0 Å². The molecule has 0 aliphatic rings. The second-order valence-corrected chi connectivity index (χ2v) is 2.86. The summed E-state index contributed by atoms with van der Waals surface area (Å²) in [5.41, 5.74) is 1.68. The molecule has 5 nitrogen and oxygen atoms in total. The van der Waals surface area contributed by atoms with Gasteiger partial charge in [-0.1, -0.05) is 0 Å². The Morgan fingerprint density at radius 2 is 2.15 bits per heavy atom. The molecule has 68 valence electrons. The van der Waals surface area contributed by atoms with Gasteiger partial charge in [0.1, 0.15) is 12.2 Å². The number of nitrogens with zero attached hydrogens (tertiary/aromatic N) is 4. The van der Waals surface area contributed by atoms with Gasteiger partial charge in [-0.15, -0.1) is 0 Å². The lowest BCUT2D eigenvalue weighted by atomic mass is 10.5. The van der Waals surface area contributed by atoms with E-state index in [1.807, 2.05) is 25.6 Å². The van der Waals surface area contributed by atoms with Gasteiger partial charge in [0.25, 0.3) is 0 Å². The predicted molar refractivity (Wildman–Crippen MR) is 50.6 cm³/mol. The van der Waals surface area contributed by atoms with Crippen LogP contribution in [-0.4, -0.2) is 26.6 Å². The summed E-state index contributed by atoms with van der Waals surface area (Å²) in [4.78, 5) is 12.6. The van der Waals surface area contributed by atoms with E-state index >= 15 is 0 Å². The number of anilines is 1. The smallest absolute Gasteiger partial charge is 0.165 e. The maximum absolute atomic E-state index is 4.36. The van der Waals surface area contributed by atoms with Crippen LogP contribution in [0.15, 0.2) is 6.33 Å². The van der Waals surface area contributed by atoms with Crippen LogP contribution in [0.5, 0.6) is 0 Å². The lowest BCUT2D eigenvalue weighted by molar-refractivity contribution is 0.873. The molecule has 0 atom stereocenters. The Morgan fingerprint density at radius 3 is 2.85 bits per heavy atom. The van der Waals surface area contributed by atoms with Crippen molar-refractivity contribution >= 4 is 17.0 Å². The molecule has 5 heteroatoms. The molecule has 2 heterocycles. The van der Waals surface area contributed by atoms with E-state index in [1.165, 1.54) is 6.33 Å². The van der Waals surface area contributed by atoms with E-state index in [0.29, 0.717) is 0 Å². The lowest BCUT2D eigenvalue weighted by Gasteiger charge is -1.98. The average Bonchev–Trinajstić information content (AvgIpc) is 2.43. The van der Waals surface area contributed by atoms with Crippen LogP contribution in [0.1, 0.15) is 5.82 Å². The van der Waals surface area contributed by atoms with Crippen LogP contribution in [0, 0.1) is 6.92 Å². The number of fused-ring (bicyclic) bond motifs is 1. The largest absolute Gasteiger partial charge is 0.371 e. The molecule has 13 heavy (non-hydrogen) atoms. The van der Waals surface area contributed by atoms with Crippen LogP contribution in [0.4, 0.5) is 5.82 Å². The number of hydrogen-bond donors (Lipinski definition) is 1. The Labute approximate surface area is 75.8 Å². The van der Waals surface area contributed by atoms with Gasteiger partial charge in [-0.2, -0.15) is 0 Å². The van der Waals surface area contributed by atoms with Crippen molar-refractivity contribution in [2.75, 3.05) is 12.4 Å². The predicted octanol–water partition coefficient (Wildman–Crippen LogP) is 0.713. The first-order valence-corrected chi connectivity index (χ1v) is 4.06. The minimum atomic E-state index is 0.772. The van der Waals surface area contributed by atoms with E-state index in [-0.39, 0.29) is 0 Å². The summed E-state index contributed by atoms with van der Waals surface area (Å²) >= 11 is 0. The highest BCUT2D eigenvalue weighted by atomic mass is 15.1. The normalized spacial score (nSPS) is 10.7. The quantitative estimate of drug-likeness (QED) is 0.697. The van der Waals surface area contributed by atoms with Crippen molar-refractivity contribution < 1.29 is 0 Å². The number of nitrogens with one attached hydrogen (secondary N) is 1. The molecule has 1 N–H and O–H groups in total. The topological polar surface area (TPSA) is 55.6 Å². The minimum absolute atomic E-state index is 0.772. The second kappa shape index (κ2) is 2.69. The molecular formula is C8H11N5.